The smallest absolute Gasteiger partial charge is 0.223 e. The summed E-state index contributed by atoms with van der Waals surface area (Å²) in [6.45, 7) is 9.04. The summed E-state index contributed by atoms with van der Waals surface area (Å²) in [5, 5.41) is 17.0. The van der Waals surface area contributed by atoms with Crippen molar-refractivity contribution in [1.29, 1.82) is 0 Å². The van der Waals surface area contributed by atoms with Crippen molar-refractivity contribution in [3.05, 3.63) is 12.1 Å². The molecule has 4 heterocycles. The van der Waals surface area contributed by atoms with Gasteiger partial charge in [0.05, 0.1) is 5.60 Å². The number of β-amino-alcohol motifs (C(OH)–C–C–N with tert-alkyl or cyclic N) is 1. The minimum Gasteiger partial charge on any atom is -0.388 e. The van der Waals surface area contributed by atoms with E-state index < -0.39 is 5.60 Å². The average molecular weight is 511 g/mol. The fraction of sp³-hybridized carbons (Fsp3) is 0.692. The zero-order valence-electron chi connectivity index (χ0n) is 22.3. The summed E-state index contributed by atoms with van der Waals surface area (Å²) in [4.78, 5) is 21.5. The Morgan fingerprint density at radius 1 is 0.892 bits per heavy atom. The lowest BCUT2D eigenvalue weighted by Crippen LogP contribution is -2.32. The maximum Gasteiger partial charge on any atom is 0.223 e. The number of nitrogens with zero attached hydrogens (tertiary/aromatic N) is 6. The molecule has 2 aromatic rings. The topological polar surface area (TPSA) is 154 Å². The molecule has 4 aliphatic rings. The first kappa shape index (κ1) is 25.6. The molecular weight excluding hydrogens is 468 g/mol. The number of nitrogen functional groups attached to an aromatic ring is 2. The van der Waals surface area contributed by atoms with Gasteiger partial charge in [0.2, 0.25) is 11.9 Å². The molecule has 0 amide bonds. The summed E-state index contributed by atoms with van der Waals surface area (Å²) >= 11 is 0. The van der Waals surface area contributed by atoms with Gasteiger partial charge >= 0.3 is 0 Å². The van der Waals surface area contributed by atoms with Crippen molar-refractivity contribution in [1.82, 2.24) is 19.9 Å². The van der Waals surface area contributed by atoms with Gasteiger partial charge in [-0.15, -0.1) is 0 Å². The van der Waals surface area contributed by atoms with Crippen LogP contribution in [-0.2, 0) is 0 Å². The van der Waals surface area contributed by atoms with Crippen LogP contribution in [0, 0.1) is 5.92 Å². The van der Waals surface area contributed by atoms with Crippen LogP contribution in [0.1, 0.15) is 65.7 Å². The predicted molar refractivity (Wildman–Crippen MR) is 149 cm³/mol. The zero-order chi connectivity index (χ0) is 26.2. The second-order valence-corrected chi connectivity index (χ2v) is 11.2. The van der Waals surface area contributed by atoms with Crippen LogP contribution in [0.5, 0.6) is 0 Å². The molecule has 2 saturated heterocycles. The lowest BCUT2D eigenvalue weighted by molar-refractivity contribution is 0.0593. The third-order valence-electron chi connectivity index (χ3n) is 8.07. The molecule has 3 unspecified atom stereocenters. The van der Waals surface area contributed by atoms with Crippen molar-refractivity contribution in [2.75, 3.05) is 51.5 Å². The summed E-state index contributed by atoms with van der Waals surface area (Å²) in [6.07, 6.45) is 7.61. The Labute approximate surface area is 219 Å². The normalized spacial score (nSPS) is 27.1. The van der Waals surface area contributed by atoms with Gasteiger partial charge in [-0.3, -0.25) is 0 Å². The van der Waals surface area contributed by atoms with E-state index in [1.807, 2.05) is 19.1 Å². The molecule has 4 fully saturated rings. The second kappa shape index (κ2) is 10.4. The Bertz CT molecular complexity index is 1090. The van der Waals surface area contributed by atoms with Crippen LogP contribution in [0.4, 0.5) is 35.2 Å². The van der Waals surface area contributed by atoms with Crippen LogP contribution in [0.2, 0.25) is 0 Å². The molecular formula is C26H42N10O. The standard InChI is InChI=1S/C13H21N5O.C13H21N5/c1-2-13(19)5-6-18(8-13)11-7-10(15-9-3-4-9)16-12(14)17-11;1-8-5-6-18(9(8)2)12-7-11(15-10-3-4-10)16-13(14)17-12/h7,9,19H,2-6,8H2,1H3,(H3,14,15,16,17);7-10H,3-6H2,1-2H3,(H3,14,15,16,17). The Kier molecular flexibility index (Phi) is 7.15. The van der Waals surface area contributed by atoms with Gasteiger partial charge in [-0.2, -0.15) is 19.9 Å². The number of nitrogens with one attached hydrogen (secondary N) is 2. The van der Waals surface area contributed by atoms with Gasteiger partial charge in [0.1, 0.15) is 23.3 Å². The summed E-state index contributed by atoms with van der Waals surface area (Å²) in [5.74, 6) is 4.78. The van der Waals surface area contributed by atoms with Crippen LogP contribution in [0.3, 0.4) is 0 Å². The summed E-state index contributed by atoms with van der Waals surface area (Å²) in [6, 6.07) is 5.60. The van der Waals surface area contributed by atoms with Crippen LogP contribution >= 0.6 is 0 Å². The van der Waals surface area contributed by atoms with Crippen molar-refractivity contribution >= 4 is 35.2 Å². The van der Waals surface area contributed by atoms with Crippen molar-refractivity contribution < 1.29 is 5.11 Å². The van der Waals surface area contributed by atoms with E-state index in [4.69, 9.17) is 11.5 Å². The molecule has 2 aliphatic heterocycles. The molecule has 37 heavy (non-hydrogen) atoms. The predicted octanol–water partition coefficient (Wildman–Crippen LogP) is 2.85. The van der Waals surface area contributed by atoms with Gasteiger partial charge in [0, 0.05) is 49.9 Å². The Morgan fingerprint density at radius 2 is 1.46 bits per heavy atom. The minimum atomic E-state index is -0.593. The lowest BCUT2D eigenvalue weighted by Gasteiger charge is -2.25. The van der Waals surface area contributed by atoms with E-state index in [2.05, 4.69) is 54.2 Å². The molecule has 0 radical (unpaired) electrons. The van der Waals surface area contributed by atoms with Crippen LogP contribution < -0.4 is 31.9 Å². The molecule has 11 heteroatoms. The Balaban J connectivity index is 0.000000152. The first-order valence-electron chi connectivity index (χ1n) is 13.8. The van der Waals surface area contributed by atoms with Gasteiger partial charge in [-0.1, -0.05) is 13.8 Å². The molecule has 0 aromatic carbocycles. The molecule has 6 rings (SSSR count). The van der Waals surface area contributed by atoms with Crippen LogP contribution in [0.15, 0.2) is 12.1 Å². The third kappa shape index (κ3) is 6.44. The third-order valence-corrected chi connectivity index (χ3v) is 8.07. The number of anilines is 6. The highest BCUT2D eigenvalue weighted by atomic mass is 16.3. The number of hydrogen-bond acceptors (Lipinski definition) is 11. The fourth-order valence-electron chi connectivity index (χ4n) is 4.99. The average Bonchev–Trinajstić information content (AvgIpc) is 3.78. The maximum atomic E-state index is 10.3. The molecule has 3 atom stereocenters. The summed E-state index contributed by atoms with van der Waals surface area (Å²) < 4.78 is 0. The first-order valence-corrected chi connectivity index (χ1v) is 13.8. The molecule has 2 saturated carbocycles. The quantitative estimate of drug-likeness (QED) is 0.373. The molecule has 202 valence electrons. The van der Waals surface area contributed by atoms with Gasteiger partial charge in [0.15, 0.2) is 0 Å². The number of aliphatic hydroxyl groups is 1. The van der Waals surface area contributed by atoms with E-state index in [0.29, 0.717) is 36.5 Å². The molecule has 0 bridgehead atoms. The summed E-state index contributed by atoms with van der Waals surface area (Å²) in [7, 11) is 0. The number of rotatable bonds is 7. The first-order chi connectivity index (χ1) is 17.7. The summed E-state index contributed by atoms with van der Waals surface area (Å²) in [5.41, 5.74) is 11.0. The highest BCUT2D eigenvalue weighted by Gasteiger charge is 2.35. The maximum absolute atomic E-state index is 10.3. The van der Waals surface area contributed by atoms with Crippen molar-refractivity contribution in [3.63, 3.8) is 0 Å². The molecule has 2 aromatic heterocycles. The van der Waals surface area contributed by atoms with E-state index in [-0.39, 0.29) is 5.95 Å². The Morgan fingerprint density at radius 3 is 1.95 bits per heavy atom. The number of nitrogens with two attached hydrogens (primary N) is 2. The highest BCUT2D eigenvalue weighted by molar-refractivity contribution is 5.55. The van der Waals surface area contributed by atoms with E-state index in [0.717, 1.165) is 49.2 Å². The van der Waals surface area contributed by atoms with Gasteiger partial charge in [-0.25, -0.2) is 0 Å². The second-order valence-electron chi connectivity index (χ2n) is 11.2. The van der Waals surface area contributed by atoms with E-state index in [9.17, 15) is 5.11 Å². The Hall–Kier alpha value is -3.08. The van der Waals surface area contributed by atoms with Crippen molar-refractivity contribution in [3.8, 4) is 0 Å². The molecule has 11 nitrogen and oxygen atoms in total. The van der Waals surface area contributed by atoms with E-state index in [1.165, 1.54) is 32.1 Å². The monoisotopic (exact) mass is 510 g/mol. The fourth-order valence-corrected chi connectivity index (χ4v) is 4.99. The largest absolute Gasteiger partial charge is 0.388 e. The van der Waals surface area contributed by atoms with Crippen molar-refractivity contribution in [2.45, 2.75) is 89.4 Å². The lowest BCUT2D eigenvalue weighted by atomic mass is 10.0. The molecule has 2 aliphatic carbocycles. The van der Waals surface area contributed by atoms with Gasteiger partial charge < -0.3 is 37.0 Å². The van der Waals surface area contributed by atoms with Crippen molar-refractivity contribution in [2.24, 2.45) is 5.92 Å². The highest BCUT2D eigenvalue weighted by Crippen LogP contribution is 2.32. The molecule has 0 spiro atoms. The van der Waals surface area contributed by atoms with Crippen LogP contribution in [-0.4, -0.2) is 68.4 Å². The SMILES string of the molecule is CC1CCN(c2cc(NC3CC3)nc(N)n2)C1C.CCC1(O)CCN(c2cc(NC3CC3)nc(N)n2)C1. The van der Waals surface area contributed by atoms with E-state index >= 15 is 0 Å². The van der Waals surface area contributed by atoms with Gasteiger partial charge in [-0.05, 0) is 57.8 Å². The van der Waals surface area contributed by atoms with E-state index in [1.54, 1.807) is 0 Å². The molecule has 7 N–H and O–H groups in total. The van der Waals surface area contributed by atoms with Crippen LogP contribution in [0.25, 0.3) is 0 Å². The van der Waals surface area contributed by atoms with Gasteiger partial charge in [0.25, 0.3) is 0 Å². The zero-order valence-corrected chi connectivity index (χ0v) is 22.3. The minimum absolute atomic E-state index is 0.285. The number of hydrogen-bond donors (Lipinski definition) is 5. The number of aromatic nitrogens is 4.